The molecule has 0 atom stereocenters. The van der Waals surface area contributed by atoms with Crippen molar-refractivity contribution >= 4 is 5.97 Å². The summed E-state index contributed by atoms with van der Waals surface area (Å²) in [6, 6.07) is 0. The number of hydrogen-bond acceptors (Lipinski definition) is 3. The maximum absolute atomic E-state index is 10.6. The molecule has 0 spiro atoms. The minimum atomic E-state index is -0.703. The summed E-state index contributed by atoms with van der Waals surface area (Å²) in [7, 11) is 0. The van der Waals surface area contributed by atoms with Crippen LogP contribution in [0, 0.1) is 5.92 Å². The molecule has 0 bridgehead atoms. The lowest BCUT2D eigenvalue weighted by molar-refractivity contribution is -0.139. The summed E-state index contributed by atoms with van der Waals surface area (Å²) in [5.41, 5.74) is -0.152. The van der Waals surface area contributed by atoms with Crippen LogP contribution < -0.4 is 10.6 Å². The largest absolute Gasteiger partial charge is 0.481 e. The third-order valence-corrected chi connectivity index (χ3v) is 3.17. The Morgan fingerprint density at radius 2 is 2.21 bits per heavy atom. The summed E-state index contributed by atoms with van der Waals surface area (Å²) in [6.45, 7) is 2.56. The van der Waals surface area contributed by atoms with E-state index in [0.29, 0.717) is 0 Å². The number of carboxylic acid groups (broad SMARTS) is 1. The van der Waals surface area contributed by atoms with Crippen molar-refractivity contribution in [3.8, 4) is 0 Å². The van der Waals surface area contributed by atoms with E-state index in [-0.39, 0.29) is 12.0 Å². The molecule has 3 N–H and O–H groups in total. The monoisotopic (exact) mass is 198 g/mol. The van der Waals surface area contributed by atoms with Gasteiger partial charge in [-0.1, -0.05) is 12.8 Å². The van der Waals surface area contributed by atoms with Crippen molar-refractivity contribution in [2.75, 3.05) is 19.6 Å². The van der Waals surface area contributed by atoms with E-state index in [4.69, 9.17) is 5.11 Å². The number of rotatable bonds is 6. The molecular weight excluding hydrogens is 180 g/mol. The van der Waals surface area contributed by atoms with Gasteiger partial charge in [0.25, 0.3) is 0 Å². The fourth-order valence-electron chi connectivity index (χ4n) is 1.98. The van der Waals surface area contributed by atoms with Gasteiger partial charge in [-0.05, 0) is 18.9 Å². The molecule has 1 aliphatic heterocycles. The van der Waals surface area contributed by atoms with Gasteiger partial charge in [-0.25, -0.2) is 0 Å². The summed E-state index contributed by atoms with van der Waals surface area (Å²) in [5, 5.41) is 15.3. The summed E-state index contributed by atoms with van der Waals surface area (Å²) >= 11 is 0. The second kappa shape index (κ2) is 3.87. The Balaban J connectivity index is 1.70. The first-order valence-electron chi connectivity index (χ1n) is 5.38. The number of nitrogens with one attached hydrogen (secondary N) is 2. The molecule has 2 fully saturated rings. The lowest BCUT2D eigenvalue weighted by atomic mass is 9.88. The Bertz CT molecular complexity index is 222. The number of carboxylic acids is 1. The highest BCUT2D eigenvalue weighted by molar-refractivity contribution is 5.68. The van der Waals surface area contributed by atoms with Gasteiger partial charge < -0.3 is 15.7 Å². The van der Waals surface area contributed by atoms with Crippen molar-refractivity contribution in [2.45, 2.75) is 31.2 Å². The van der Waals surface area contributed by atoms with E-state index >= 15 is 0 Å². The second-order valence-electron chi connectivity index (χ2n) is 4.61. The lowest BCUT2D eigenvalue weighted by Gasteiger charge is -2.42. The Morgan fingerprint density at radius 1 is 1.50 bits per heavy atom. The van der Waals surface area contributed by atoms with Crippen molar-refractivity contribution in [2.24, 2.45) is 5.92 Å². The van der Waals surface area contributed by atoms with Crippen LogP contribution in [0.5, 0.6) is 0 Å². The molecule has 0 radical (unpaired) electrons. The van der Waals surface area contributed by atoms with Gasteiger partial charge >= 0.3 is 5.97 Å². The van der Waals surface area contributed by atoms with E-state index in [0.717, 1.165) is 25.6 Å². The van der Waals surface area contributed by atoms with E-state index in [1.54, 1.807) is 0 Å². The first-order valence-corrected chi connectivity index (χ1v) is 5.38. The zero-order valence-electron chi connectivity index (χ0n) is 8.38. The summed E-state index contributed by atoms with van der Waals surface area (Å²) in [5.74, 6) is 0.211. The Morgan fingerprint density at radius 3 is 2.64 bits per heavy atom. The van der Waals surface area contributed by atoms with E-state index in [1.807, 2.05) is 0 Å². The molecule has 4 heteroatoms. The average Bonchev–Trinajstić information content (AvgIpc) is 2.82. The fourth-order valence-corrected chi connectivity index (χ4v) is 1.98. The molecule has 0 aromatic rings. The zero-order chi connectivity index (χ0) is 10.0. The molecule has 14 heavy (non-hydrogen) atoms. The van der Waals surface area contributed by atoms with E-state index in [1.165, 1.54) is 19.3 Å². The summed E-state index contributed by atoms with van der Waals surface area (Å²) < 4.78 is 0. The van der Waals surface area contributed by atoms with Gasteiger partial charge in [-0.2, -0.15) is 0 Å². The van der Waals surface area contributed by atoms with Crippen molar-refractivity contribution < 1.29 is 9.90 Å². The summed E-state index contributed by atoms with van der Waals surface area (Å²) in [4.78, 5) is 10.6. The third kappa shape index (κ3) is 2.45. The van der Waals surface area contributed by atoms with Gasteiger partial charge in [0, 0.05) is 13.1 Å². The minimum Gasteiger partial charge on any atom is -0.481 e. The quantitative estimate of drug-likeness (QED) is 0.570. The highest BCUT2D eigenvalue weighted by atomic mass is 16.4. The normalized spacial score (nSPS) is 24.3. The van der Waals surface area contributed by atoms with Crippen molar-refractivity contribution in [1.82, 2.24) is 10.6 Å². The molecule has 0 aromatic carbocycles. The van der Waals surface area contributed by atoms with Crippen LogP contribution in [0.25, 0.3) is 0 Å². The predicted molar refractivity (Wildman–Crippen MR) is 53.2 cm³/mol. The maximum Gasteiger partial charge on any atom is 0.305 e. The molecule has 2 rings (SSSR count). The van der Waals surface area contributed by atoms with Gasteiger partial charge in [0.05, 0.1) is 12.0 Å². The van der Waals surface area contributed by atoms with Crippen LogP contribution in [0.15, 0.2) is 0 Å². The first kappa shape index (κ1) is 9.93. The van der Waals surface area contributed by atoms with E-state index in [9.17, 15) is 4.79 Å². The fraction of sp³-hybridized carbons (Fsp3) is 0.900. The van der Waals surface area contributed by atoms with Crippen LogP contribution in [-0.2, 0) is 4.79 Å². The standard InChI is InChI=1S/C10H18N2O2/c13-9(14)5-10(6-11-7-10)12-4-3-8-1-2-8/h8,11-12H,1-7H2,(H,13,14). The van der Waals surface area contributed by atoms with E-state index in [2.05, 4.69) is 10.6 Å². The lowest BCUT2D eigenvalue weighted by Crippen LogP contribution is -2.68. The van der Waals surface area contributed by atoms with Gasteiger partial charge in [0.15, 0.2) is 0 Å². The Hall–Kier alpha value is -0.610. The second-order valence-corrected chi connectivity index (χ2v) is 4.61. The Labute approximate surface area is 84.1 Å². The molecule has 1 saturated heterocycles. The SMILES string of the molecule is O=C(O)CC1(NCCC2CC2)CNC1. The van der Waals surface area contributed by atoms with Gasteiger partial charge in [-0.15, -0.1) is 0 Å². The molecule has 0 amide bonds. The molecule has 0 unspecified atom stereocenters. The van der Waals surface area contributed by atoms with Crippen molar-refractivity contribution in [3.63, 3.8) is 0 Å². The topological polar surface area (TPSA) is 61.4 Å². The van der Waals surface area contributed by atoms with Crippen LogP contribution in [0.4, 0.5) is 0 Å². The highest BCUT2D eigenvalue weighted by Gasteiger charge is 2.38. The predicted octanol–water partition coefficient (Wildman–Crippen LogP) is 0.193. The highest BCUT2D eigenvalue weighted by Crippen LogP contribution is 2.32. The zero-order valence-corrected chi connectivity index (χ0v) is 8.38. The van der Waals surface area contributed by atoms with E-state index < -0.39 is 5.97 Å². The molecule has 0 aromatic heterocycles. The van der Waals surface area contributed by atoms with Crippen LogP contribution in [0.3, 0.4) is 0 Å². The summed E-state index contributed by atoms with van der Waals surface area (Å²) in [6.07, 6.45) is 4.18. The molecule has 4 nitrogen and oxygen atoms in total. The average molecular weight is 198 g/mol. The Kier molecular flexibility index (Phi) is 2.74. The van der Waals surface area contributed by atoms with Crippen LogP contribution in [0.2, 0.25) is 0 Å². The molecule has 2 aliphatic rings. The van der Waals surface area contributed by atoms with Gasteiger partial charge in [0.2, 0.25) is 0 Å². The molecule has 1 saturated carbocycles. The molecule has 1 aliphatic carbocycles. The number of aliphatic carboxylic acids is 1. The van der Waals surface area contributed by atoms with Crippen molar-refractivity contribution in [1.29, 1.82) is 0 Å². The molecular formula is C10H18N2O2. The first-order chi connectivity index (χ1) is 6.70. The smallest absolute Gasteiger partial charge is 0.305 e. The molecule has 80 valence electrons. The number of hydrogen-bond donors (Lipinski definition) is 3. The van der Waals surface area contributed by atoms with Crippen LogP contribution in [-0.4, -0.2) is 36.2 Å². The minimum absolute atomic E-state index is 0.152. The molecule has 1 heterocycles. The van der Waals surface area contributed by atoms with Gasteiger partial charge in [-0.3, -0.25) is 4.79 Å². The third-order valence-electron chi connectivity index (χ3n) is 3.17. The maximum atomic E-state index is 10.6. The van der Waals surface area contributed by atoms with Gasteiger partial charge in [0.1, 0.15) is 0 Å². The van der Waals surface area contributed by atoms with Crippen LogP contribution >= 0.6 is 0 Å². The number of carbonyl (C=O) groups is 1. The van der Waals surface area contributed by atoms with Crippen molar-refractivity contribution in [3.05, 3.63) is 0 Å². The van der Waals surface area contributed by atoms with Crippen LogP contribution in [0.1, 0.15) is 25.7 Å².